The van der Waals surface area contributed by atoms with Crippen LogP contribution in [0.2, 0.25) is 0 Å². The van der Waals surface area contributed by atoms with Crippen LogP contribution in [0.1, 0.15) is 23.0 Å². The van der Waals surface area contributed by atoms with Crippen molar-refractivity contribution in [2.45, 2.75) is 31.0 Å². The maximum absolute atomic E-state index is 13.2. The Kier molecular flexibility index (Phi) is 5.34. The predicted octanol–water partition coefficient (Wildman–Crippen LogP) is 1.96. The van der Waals surface area contributed by atoms with Gasteiger partial charge in [-0.05, 0) is 42.7 Å². The van der Waals surface area contributed by atoms with Crippen molar-refractivity contribution in [2.75, 3.05) is 29.1 Å². The molecule has 4 heterocycles. The number of nitrogens with one attached hydrogen (secondary N) is 2. The van der Waals surface area contributed by atoms with Crippen LogP contribution < -0.4 is 21.3 Å². The highest BCUT2D eigenvalue weighted by Gasteiger charge is 2.50. The van der Waals surface area contributed by atoms with Gasteiger partial charge in [0.15, 0.2) is 6.10 Å². The Morgan fingerprint density at radius 3 is 2.74 bits per heavy atom. The number of fused-ring (bicyclic) bond motifs is 3. The Morgan fingerprint density at radius 1 is 1.23 bits per heavy atom. The number of aromatic nitrogens is 2. The van der Waals surface area contributed by atoms with E-state index >= 15 is 0 Å². The second-order valence-corrected chi connectivity index (χ2v) is 9.10. The first-order valence-electron chi connectivity index (χ1n) is 10.4. The second-order valence-electron chi connectivity index (χ2n) is 8.33. The van der Waals surface area contributed by atoms with Gasteiger partial charge in [0.1, 0.15) is 29.1 Å². The number of nitrogens with two attached hydrogens (primary N) is 1. The fourth-order valence-electron chi connectivity index (χ4n) is 4.17. The standard InChI is InChI=1S/C21H19F3N6O4S/c1-20(33,19-26-10-6-5-9-14(35-29-16(9)25)13(10)17(31)28-19)15-18(32)30(7-8-34-15)12-4-2-3-11(27-12)21(22,23)24/h2-6,15,19,26,33H,7-8H2,1H3,(H2,25,29)(H,28,31)/t15-,19?,20-/m0/s1. The van der Waals surface area contributed by atoms with Crippen LogP contribution in [0.15, 0.2) is 30.3 Å². The number of hydrogen-bond donors (Lipinski definition) is 4. The molecule has 2 aliphatic rings. The third kappa shape index (κ3) is 3.83. The summed E-state index contributed by atoms with van der Waals surface area (Å²) in [5.74, 6) is -1.23. The highest BCUT2D eigenvalue weighted by Crippen LogP contribution is 2.37. The van der Waals surface area contributed by atoms with Crippen molar-refractivity contribution >= 4 is 50.8 Å². The number of amides is 2. The number of anilines is 3. The van der Waals surface area contributed by atoms with Crippen molar-refractivity contribution in [3.8, 4) is 0 Å². The number of halogens is 3. The van der Waals surface area contributed by atoms with E-state index in [4.69, 9.17) is 10.5 Å². The number of alkyl halides is 3. The first kappa shape index (κ1) is 23.3. The Bertz CT molecular complexity index is 1340. The summed E-state index contributed by atoms with van der Waals surface area (Å²) in [6, 6.07) is 6.52. The maximum atomic E-state index is 13.2. The van der Waals surface area contributed by atoms with E-state index in [1.54, 1.807) is 12.1 Å². The predicted molar refractivity (Wildman–Crippen MR) is 121 cm³/mol. The van der Waals surface area contributed by atoms with Gasteiger partial charge in [-0.15, -0.1) is 0 Å². The van der Waals surface area contributed by atoms with Gasteiger partial charge < -0.3 is 26.2 Å². The monoisotopic (exact) mass is 508 g/mol. The Labute approximate surface area is 200 Å². The van der Waals surface area contributed by atoms with Gasteiger partial charge in [0, 0.05) is 5.39 Å². The zero-order valence-corrected chi connectivity index (χ0v) is 18.9. The number of benzene rings is 1. The number of pyridine rings is 1. The molecule has 0 bridgehead atoms. The normalized spacial score (nSPS) is 22.4. The molecule has 1 aromatic carbocycles. The van der Waals surface area contributed by atoms with E-state index in [-0.39, 0.29) is 19.0 Å². The van der Waals surface area contributed by atoms with Crippen LogP contribution in [0.4, 0.5) is 30.5 Å². The molecular weight excluding hydrogens is 489 g/mol. The maximum Gasteiger partial charge on any atom is 0.433 e. The topological polar surface area (TPSA) is 143 Å². The van der Waals surface area contributed by atoms with Gasteiger partial charge in [0.25, 0.3) is 11.8 Å². The van der Waals surface area contributed by atoms with Crippen molar-refractivity contribution in [3.05, 3.63) is 41.6 Å². The largest absolute Gasteiger partial charge is 0.433 e. The summed E-state index contributed by atoms with van der Waals surface area (Å²) < 4.78 is 49.5. The molecule has 1 unspecified atom stereocenters. The van der Waals surface area contributed by atoms with Gasteiger partial charge in [-0.1, -0.05) is 6.07 Å². The fraction of sp³-hybridized carbons (Fsp3) is 0.333. The van der Waals surface area contributed by atoms with Gasteiger partial charge in [-0.25, -0.2) is 4.98 Å². The summed E-state index contributed by atoms with van der Waals surface area (Å²) in [5.41, 5.74) is 3.40. The van der Waals surface area contributed by atoms with Crippen LogP contribution in [0.25, 0.3) is 10.1 Å². The molecule has 35 heavy (non-hydrogen) atoms. The van der Waals surface area contributed by atoms with Gasteiger partial charge in [0.2, 0.25) is 0 Å². The molecule has 3 atom stereocenters. The second kappa shape index (κ2) is 8.03. The lowest BCUT2D eigenvalue weighted by atomic mass is 9.90. The summed E-state index contributed by atoms with van der Waals surface area (Å²) in [4.78, 5) is 30.8. The highest BCUT2D eigenvalue weighted by atomic mass is 32.1. The number of hydrogen-bond acceptors (Lipinski definition) is 9. The number of carbonyl (C=O) groups excluding carboxylic acids is 2. The SMILES string of the molecule is C[C@@](O)(C1NC(=O)c2c(ccc3c(N)nsc23)N1)[C@H]1OCCN(c2cccc(C(F)(F)F)n2)C1=O. The molecule has 10 nitrogen and oxygen atoms in total. The number of aliphatic hydroxyl groups is 1. The van der Waals surface area contributed by atoms with Crippen LogP contribution in [0.5, 0.6) is 0 Å². The summed E-state index contributed by atoms with van der Waals surface area (Å²) in [6.45, 7) is 1.17. The summed E-state index contributed by atoms with van der Waals surface area (Å²) in [6.07, 6.45) is -7.35. The van der Waals surface area contributed by atoms with Crippen molar-refractivity contribution in [3.63, 3.8) is 0 Å². The molecule has 0 radical (unpaired) electrons. The lowest BCUT2D eigenvalue weighted by Gasteiger charge is -2.44. The number of nitrogen functional groups attached to an aromatic ring is 1. The molecule has 0 saturated carbocycles. The third-order valence-electron chi connectivity index (χ3n) is 5.98. The zero-order valence-electron chi connectivity index (χ0n) is 18.1. The summed E-state index contributed by atoms with van der Waals surface area (Å²) in [7, 11) is 0. The van der Waals surface area contributed by atoms with E-state index in [0.717, 1.165) is 28.6 Å². The van der Waals surface area contributed by atoms with Crippen molar-refractivity contribution in [1.29, 1.82) is 0 Å². The quantitative estimate of drug-likeness (QED) is 0.421. The van der Waals surface area contributed by atoms with E-state index in [0.29, 0.717) is 27.2 Å². The average molecular weight is 508 g/mol. The van der Waals surface area contributed by atoms with E-state index in [1.165, 1.54) is 13.0 Å². The van der Waals surface area contributed by atoms with E-state index in [9.17, 15) is 27.9 Å². The van der Waals surface area contributed by atoms with Crippen molar-refractivity contribution in [2.24, 2.45) is 0 Å². The number of ether oxygens (including phenoxy) is 1. The van der Waals surface area contributed by atoms with Crippen LogP contribution in [-0.2, 0) is 15.7 Å². The molecule has 3 aromatic rings. The number of rotatable bonds is 3. The molecule has 2 aromatic heterocycles. The first-order valence-corrected chi connectivity index (χ1v) is 11.2. The molecule has 14 heteroatoms. The zero-order chi connectivity index (χ0) is 25.1. The number of morpholine rings is 1. The van der Waals surface area contributed by atoms with Gasteiger partial charge >= 0.3 is 6.18 Å². The Balaban J connectivity index is 1.43. The number of nitrogens with zero attached hydrogens (tertiary/aromatic N) is 3. The van der Waals surface area contributed by atoms with Gasteiger partial charge in [-0.3, -0.25) is 14.5 Å². The highest BCUT2D eigenvalue weighted by molar-refractivity contribution is 7.14. The Hall–Kier alpha value is -3.49. The molecule has 5 N–H and O–H groups in total. The van der Waals surface area contributed by atoms with Crippen molar-refractivity contribution < 1.29 is 32.6 Å². The molecular formula is C21H19F3N6O4S. The van der Waals surface area contributed by atoms with Crippen LogP contribution in [0.3, 0.4) is 0 Å². The first-order chi connectivity index (χ1) is 16.5. The number of carbonyl (C=O) groups is 2. The lowest BCUT2D eigenvalue weighted by Crippen LogP contribution is -2.68. The molecule has 1 saturated heterocycles. The summed E-state index contributed by atoms with van der Waals surface area (Å²) in [5, 5.41) is 17.6. The smallest absolute Gasteiger partial charge is 0.383 e. The van der Waals surface area contributed by atoms with Gasteiger partial charge in [0.05, 0.1) is 29.1 Å². The summed E-state index contributed by atoms with van der Waals surface area (Å²) >= 11 is 1.06. The van der Waals surface area contributed by atoms with E-state index < -0.39 is 41.6 Å². The van der Waals surface area contributed by atoms with E-state index in [1.807, 2.05) is 0 Å². The molecule has 0 spiro atoms. The molecule has 2 amide bonds. The minimum Gasteiger partial charge on any atom is -0.383 e. The van der Waals surface area contributed by atoms with Crippen molar-refractivity contribution in [1.82, 2.24) is 14.7 Å². The minimum atomic E-state index is -4.69. The molecule has 0 aliphatic carbocycles. The molecule has 5 rings (SSSR count). The third-order valence-corrected chi connectivity index (χ3v) is 6.87. The van der Waals surface area contributed by atoms with Crippen LogP contribution in [-0.4, -0.2) is 57.3 Å². The van der Waals surface area contributed by atoms with E-state index in [2.05, 4.69) is 20.0 Å². The van der Waals surface area contributed by atoms with Crippen LogP contribution >= 0.6 is 11.5 Å². The molecule has 1 fully saturated rings. The average Bonchev–Trinajstić information content (AvgIpc) is 3.19. The minimum absolute atomic E-state index is 0.0577. The van der Waals surface area contributed by atoms with Gasteiger partial charge in [-0.2, -0.15) is 17.5 Å². The van der Waals surface area contributed by atoms with Crippen LogP contribution in [0, 0.1) is 0 Å². The molecule has 184 valence electrons. The fourth-order valence-corrected chi connectivity index (χ4v) is 5.02. The molecule has 2 aliphatic heterocycles. The lowest BCUT2D eigenvalue weighted by molar-refractivity contribution is -0.159. The Morgan fingerprint density at radius 2 is 2.00 bits per heavy atom.